The standard InChI is InChI=1S/C4H4O4.Fe.6H2O/c5-3(6)1-2-4(7)8;;;;;;;/h1-2H,(H,5,6)(H,7,8);;6*1H2/q;+2;;;;;;/p-2/b2-1+;;;;;;;. The van der Waals surface area contributed by atoms with Gasteiger partial charge in [-0.05, 0) is 12.2 Å². The smallest absolute Gasteiger partial charge is 0.545 e. The number of rotatable bonds is 2. The topological polar surface area (TPSA) is 269 Å². The van der Waals surface area contributed by atoms with E-state index in [1.54, 1.807) is 0 Å². The molecular weight excluding hydrogens is 264 g/mol. The van der Waals surface area contributed by atoms with E-state index in [4.69, 9.17) is 0 Å². The van der Waals surface area contributed by atoms with Crippen LogP contribution in [0.2, 0.25) is 0 Å². The summed E-state index contributed by atoms with van der Waals surface area (Å²) in [6.45, 7) is 0. The molecule has 0 atom stereocenters. The van der Waals surface area contributed by atoms with Crippen molar-refractivity contribution in [3.63, 3.8) is 0 Å². The fourth-order valence-corrected chi connectivity index (χ4v) is 0.136. The fraction of sp³-hybridized carbons (Fsp3) is 0. The minimum Gasteiger partial charge on any atom is -0.545 e. The number of aliphatic carboxylic acids is 2. The van der Waals surface area contributed by atoms with Crippen LogP contribution < -0.4 is 10.2 Å². The Kier molecular flexibility index (Phi) is 168. The molecular formula is C4H14FeO10. The maximum Gasteiger partial charge on any atom is 2.00 e. The Hall–Kier alpha value is -1.04. The van der Waals surface area contributed by atoms with Gasteiger partial charge in [0.05, 0.1) is 11.9 Å². The second-order valence-corrected chi connectivity index (χ2v) is 0.971. The van der Waals surface area contributed by atoms with Gasteiger partial charge in [-0.15, -0.1) is 0 Å². The number of carboxylic acid groups (broad SMARTS) is 2. The average Bonchev–Trinajstić information content (AvgIpc) is 1.61. The SMILES string of the molecule is O.O.O.O.O.O.O=C([O-])/C=C/C(=O)[O-].[Fe+2]. The van der Waals surface area contributed by atoms with E-state index >= 15 is 0 Å². The van der Waals surface area contributed by atoms with Crippen molar-refractivity contribution in [2.45, 2.75) is 0 Å². The van der Waals surface area contributed by atoms with E-state index in [9.17, 15) is 19.8 Å². The second-order valence-electron chi connectivity index (χ2n) is 0.971. The van der Waals surface area contributed by atoms with Crippen LogP contribution >= 0.6 is 0 Å². The predicted molar refractivity (Wildman–Crippen MR) is 40.8 cm³/mol. The number of hydrogen-bond acceptors (Lipinski definition) is 4. The summed E-state index contributed by atoms with van der Waals surface area (Å²) in [6.07, 6.45) is 0.769. The van der Waals surface area contributed by atoms with Gasteiger partial charge in [0, 0.05) is 0 Å². The Morgan fingerprint density at radius 3 is 0.867 bits per heavy atom. The quantitative estimate of drug-likeness (QED) is 0.351. The van der Waals surface area contributed by atoms with E-state index in [0.29, 0.717) is 12.2 Å². The summed E-state index contributed by atoms with van der Waals surface area (Å²) in [7, 11) is 0. The summed E-state index contributed by atoms with van der Waals surface area (Å²) in [5.74, 6) is -3.09. The molecule has 0 saturated heterocycles. The van der Waals surface area contributed by atoms with E-state index in [0.717, 1.165) is 0 Å². The molecule has 10 nitrogen and oxygen atoms in total. The van der Waals surface area contributed by atoms with Gasteiger partial charge in [-0.1, -0.05) is 0 Å². The van der Waals surface area contributed by atoms with Crippen LogP contribution in [0.15, 0.2) is 12.2 Å². The molecule has 0 radical (unpaired) electrons. The molecule has 0 heterocycles. The van der Waals surface area contributed by atoms with E-state index in [-0.39, 0.29) is 49.9 Å². The van der Waals surface area contributed by atoms with Gasteiger partial charge in [-0.25, -0.2) is 0 Å². The molecule has 15 heavy (non-hydrogen) atoms. The van der Waals surface area contributed by atoms with E-state index in [1.807, 2.05) is 0 Å². The van der Waals surface area contributed by atoms with Crippen LogP contribution in [0, 0.1) is 0 Å². The fourth-order valence-electron chi connectivity index (χ4n) is 0.136. The first-order chi connectivity index (χ1) is 3.63. The third kappa shape index (κ3) is 99.3. The average molecular weight is 278 g/mol. The van der Waals surface area contributed by atoms with Crippen LogP contribution in [-0.4, -0.2) is 44.8 Å². The molecule has 12 N–H and O–H groups in total. The molecule has 98 valence electrons. The number of carboxylic acids is 2. The van der Waals surface area contributed by atoms with Gasteiger partial charge in [0.15, 0.2) is 0 Å². The molecule has 0 unspecified atom stereocenters. The maximum atomic E-state index is 9.41. The Balaban J connectivity index is -0.0000000117. The summed E-state index contributed by atoms with van der Waals surface area (Å²) in [5.41, 5.74) is 0. The van der Waals surface area contributed by atoms with Gasteiger partial charge in [-0.2, -0.15) is 0 Å². The van der Waals surface area contributed by atoms with Crippen LogP contribution in [0.3, 0.4) is 0 Å². The van der Waals surface area contributed by atoms with E-state index in [1.165, 1.54) is 0 Å². The Morgan fingerprint density at radius 1 is 0.667 bits per heavy atom. The summed E-state index contributed by atoms with van der Waals surface area (Å²) >= 11 is 0. The Bertz CT molecular complexity index is 128. The molecule has 0 aromatic carbocycles. The van der Waals surface area contributed by atoms with Crippen molar-refractivity contribution in [1.29, 1.82) is 0 Å². The summed E-state index contributed by atoms with van der Waals surface area (Å²) in [5, 5.41) is 18.8. The van der Waals surface area contributed by atoms with Crippen molar-refractivity contribution in [3.05, 3.63) is 12.2 Å². The van der Waals surface area contributed by atoms with Gasteiger partial charge in [0.25, 0.3) is 0 Å². The molecule has 0 aromatic rings. The van der Waals surface area contributed by atoms with Gasteiger partial charge < -0.3 is 52.7 Å². The van der Waals surface area contributed by atoms with Gasteiger partial charge in [0.2, 0.25) is 0 Å². The van der Waals surface area contributed by atoms with Crippen LogP contribution in [0.4, 0.5) is 0 Å². The number of carbonyl (C=O) groups excluding carboxylic acids is 2. The van der Waals surface area contributed by atoms with Crippen LogP contribution in [0.5, 0.6) is 0 Å². The Labute approximate surface area is 94.5 Å². The molecule has 0 aromatic heterocycles. The number of hydrogen-bond donors (Lipinski definition) is 0. The molecule has 0 rings (SSSR count). The van der Waals surface area contributed by atoms with E-state index in [2.05, 4.69) is 0 Å². The first kappa shape index (κ1) is 66.0. The molecule has 11 heteroatoms. The molecule has 0 aliphatic rings. The predicted octanol–water partition coefficient (Wildman–Crippen LogP) is -7.91. The van der Waals surface area contributed by atoms with Crippen molar-refractivity contribution in [2.24, 2.45) is 0 Å². The molecule has 0 fully saturated rings. The first-order valence-electron chi connectivity index (χ1n) is 1.73. The molecule has 0 amide bonds. The minimum absolute atomic E-state index is 0. The van der Waals surface area contributed by atoms with Crippen molar-refractivity contribution < 1.29 is 69.7 Å². The van der Waals surface area contributed by atoms with Crippen LogP contribution in [-0.2, 0) is 26.7 Å². The van der Waals surface area contributed by atoms with Crippen molar-refractivity contribution in [2.75, 3.05) is 0 Å². The van der Waals surface area contributed by atoms with Crippen LogP contribution in [0.1, 0.15) is 0 Å². The Morgan fingerprint density at radius 2 is 0.800 bits per heavy atom. The van der Waals surface area contributed by atoms with Gasteiger partial charge in [0.1, 0.15) is 0 Å². The normalized spacial score (nSPS) is 5.07. The van der Waals surface area contributed by atoms with Gasteiger partial charge in [-0.3, -0.25) is 0 Å². The third-order valence-electron chi connectivity index (χ3n) is 0.355. The number of carbonyl (C=O) groups is 2. The molecule has 0 aliphatic heterocycles. The van der Waals surface area contributed by atoms with Crippen molar-refractivity contribution in [3.8, 4) is 0 Å². The van der Waals surface area contributed by atoms with E-state index < -0.39 is 11.9 Å². The monoisotopic (exact) mass is 278 g/mol. The maximum absolute atomic E-state index is 9.41. The zero-order chi connectivity index (χ0) is 6.57. The molecule has 0 bridgehead atoms. The molecule has 0 saturated carbocycles. The van der Waals surface area contributed by atoms with Crippen molar-refractivity contribution >= 4 is 11.9 Å². The zero-order valence-corrected chi connectivity index (χ0v) is 8.25. The largest absolute Gasteiger partial charge is 2.00 e. The minimum atomic E-state index is -1.55. The second kappa shape index (κ2) is 38.3. The summed E-state index contributed by atoms with van der Waals surface area (Å²) in [4.78, 5) is 18.8. The summed E-state index contributed by atoms with van der Waals surface area (Å²) in [6, 6.07) is 0. The zero-order valence-electron chi connectivity index (χ0n) is 7.14. The van der Waals surface area contributed by atoms with Crippen LogP contribution in [0.25, 0.3) is 0 Å². The van der Waals surface area contributed by atoms with Gasteiger partial charge >= 0.3 is 17.1 Å². The van der Waals surface area contributed by atoms with Crippen molar-refractivity contribution in [1.82, 2.24) is 0 Å². The first-order valence-corrected chi connectivity index (χ1v) is 1.73. The molecule has 0 aliphatic carbocycles. The summed E-state index contributed by atoms with van der Waals surface area (Å²) < 4.78 is 0. The third-order valence-corrected chi connectivity index (χ3v) is 0.355. The molecule has 0 spiro atoms.